The SMILES string of the molecule is CN(C)CCCn1[nH]c2c3c(=O)ccc(O)c3c(O)c3c(=NCCNCCO)ccc1c32.Cl. The van der Waals surface area contributed by atoms with Gasteiger partial charge in [0.15, 0.2) is 5.43 Å². The number of phenols is 2. The molecule has 4 rings (SSSR count). The summed E-state index contributed by atoms with van der Waals surface area (Å²) in [6, 6.07) is 6.42. The normalized spacial score (nSPS) is 12.4. The summed E-state index contributed by atoms with van der Waals surface area (Å²) in [7, 11) is 4.04. The molecule has 0 bridgehead atoms. The number of nitrogens with one attached hydrogen (secondary N) is 2. The number of fused-ring (bicyclic) bond motifs is 2. The Balaban J connectivity index is 0.00000306. The molecular weight excluding hydrogens is 446 g/mol. The monoisotopic (exact) mass is 475 g/mol. The minimum atomic E-state index is -0.269. The van der Waals surface area contributed by atoms with Crippen molar-refractivity contribution >= 4 is 45.0 Å². The zero-order chi connectivity index (χ0) is 22.8. The Kier molecular flexibility index (Phi) is 7.80. The van der Waals surface area contributed by atoms with E-state index in [2.05, 4.69) is 20.3 Å². The number of aromatic hydroxyl groups is 2. The van der Waals surface area contributed by atoms with E-state index in [4.69, 9.17) is 5.11 Å². The van der Waals surface area contributed by atoms with Crippen LogP contribution in [0.25, 0.3) is 32.6 Å². The number of halogens is 1. The van der Waals surface area contributed by atoms with Crippen molar-refractivity contribution in [2.24, 2.45) is 4.99 Å². The first-order chi connectivity index (χ1) is 15.4. The van der Waals surface area contributed by atoms with E-state index in [9.17, 15) is 15.0 Å². The predicted octanol–water partition coefficient (Wildman–Crippen LogP) is 1.34. The lowest BCUT2D eigenvalue weighted by molar-refractivity contribution is 0.293. The van der Waals surface area contributed by atoms with Gasteiger partial charge >= 0.3 is 0 Å². The van der Waals surface area contributed by atoms with Gasteiger partial charge in [-0.05, 0) is 51.3 Å². The molecule has 0 fully saturated rings. The Bertz CT molecular complexity index is 1380. The van der Waals surface area contributed by atoms with Gasteiger partial charge in [-0.3, -0.25) is 19.6 Å². The quantitative estimate of drug-likeness (QED) is 0.184. The molecule has 10 heteroatoms. The van der Waals surface area contributed by atoms with Crippen LogP contribution in [0, 0.1) is 0 Å². The van der Waals surface area contributed by atoms with Gasteiger partial charge in [-0.15, -0.1) is 12.4 Å². The number of hydrogen-bond acceptors (Lipinski definition) is 7. The second-order valence-electron chi connectivity index (χ2n) is 8.19. The van der Waals surface area contributed by atoms with Crippen LogP contribution >= 0.6 is 12.4 Å². The lowest BCUT2D eigenvalue weighted by Crippen LogP contribution is -2.22. The van der Waals surface area contributed by atoms with Crippen molar-refractivity contribution in [3.8, 4) is 11.5 Å². The highest BCUT2D eigenvalue weighted by Gasteiger charge is 2.21. The van der Waals surface area contributed by atoms with Crippen molar-refractivity contribution in [2.45, 2.75) is 13.0 Å². The summed E-state index contributed by atoms with van der Waals surface area (Å²) < 4.78 is 1.98. The molecule has 0 radical (unpaired) electrons. The molecule has 0 aliphatic carbocycles. The smallest absolute Gasteiger partial charge is 0.189 e. The van der Waals surface area contributed by atoms with Crippen LogP contribution in [0.3, 0.4) is 0 Å². The third-order valence-corrected chi connectivity index (χ3v) is 5.66. The molecule has 33 heavy (non-hydrogen) atoms. The Morgan fingerprint density at radius 2 is 1.85 bits per heavy atom. The molecule has 0 atom stereocenters. The van der Waals surface area contributed by atoms with Gasteiger partial charge in [-0.2, -0.15) is 0 Å². The number of aryl methyl sites for hydroxylation is 1. The lowest BCUT2D eigenvalue weighted by Gasteiger charge is -2.10. The number of rotatable bonds is 9. The molecule has 0 unspecified atom stereocenters. The Morgan fingerprint density at radius 3 is 2.58 bits per heavy atom. The topological polar surface area (TPSA) is 126 Å². The number of nitrogens with zero attached hydrogens (tertiary/aromatic N) is 3. The minimum absolute atomic E-state index is 0. The van der Waals surface area contributed by atoms with Gasteiger partial charge < -0.3 is 25.5 Å². The second kappa shape index (κ2) is 10.4. The zero-order valence-electron chi connectivity index (χ0n) is 18.8. The number of aliphatic hydroxyl groups is 1. The van der Waals surface area contributed by atoms with E-state index >= 15 is 0 Å². The van der Waals surface area contributed by atoms with E-state index < -0.39 is 0 Å². The van der Waals surface area contributed by atoms with Crippen LogP contribution in [0.5, 0.6) is 11.5 Å². The standard InChI is InChI=1S/C23H29N5O4.ClH/c1-27(2)11-3-12-28-15-5-4-14(25-9-8-24-10-13-29)18-19(15)22(26-28)20-16(30)6-7-17(31)21(20)23(18)32;/h4-7,24,26,29,31-32H,3,8-13H2,1-2H3;1H. The van der Waals surface area contributed by atoms with Gasteiger partial charge in [-0.1, -0.05) is 0 Å². The number of hydrogen-bond donors (Lipinski definition) is 5. The van der Waals surface area contributed by atoms with Crippen LogP contribution in [-0.2, 0) is 6.54 Å². The van der Waals surface area contributed by atoms with E-state index in [0.29, 0.717) is 42.4 Å². The van der Waals surface area contributed by atoms with Gasteiger partial charge in [0.25, 0.3) is 0 Å². The Hall–Kier alpha value is -2.85. The highest BCUT2D eigenvalue weighted by atomic mass is 35.5. The number of aliphatic hydroxyl groups excluding tert-OH is 1. The van der Waals surface area contributed by atoms with Crippen molar-refractivity contribution in [3.63, 3.8) is 0 Å². The number of aromatic nitrogens is 2. The average molecular weight is 476 g/mol. The fraction of sp³-hybridized carbons (Fsp3) is 0.391. The van der Waals surface area contributed by atoms with Crippen molar-refractivity contribution in [3.05, 3.63) is 39.8 Å². The maximum Gasteiger partial charge on any atom is 0.189 e. The largest absolute Gasteiger partial charge is 0.507 e. The van der Waals surface area contributed by atoms with Crippen molar-refractivity contribution in [2.75, 3.05) is 46.9 Å². The predicted molar refractivity (Wildman–Crippen MR) is 133 cm³/mol. The maximum absolute atomic E-state index is 12.8. The number of aromatic amines is 1. The van der Waals surface area contributed by atoms with Gasteiger partial charge in [0.2, 0.25) is 0 Å². The van der Waals surface area contributed by atoms with Crippen LogP contribution in [-0.4, -0.2) is 76.9 Å². The van der Waals surface area contributed by atoms with Crippen LogP contribution in [0.15, 0.2) is 34.1 Å². The van der Waals surface area contributed by atoms with E-state index in [-0.39, 0.29) is 46.7 Å². The summed E-state index contributed by atoms with van der Waals surface area (Å²) in [4.78, 5) is 19.5. The van der Waals surface area contributed by atoms with Crippen molar-refractivity contribution < 1.29 is 15.3 Å². The van der Waals surface area contributed by atoms with E-state index in [0.717, 1.165) is 23.9 Å². The number of H-pyrrole nitrogens is 1. The Labute approximate surface area is 196 Å². The van der Waals surface area contributed by atoms with Crippen LogP contribution in [0.2, 0.25) is 0 Å². The molecule has 0 saturated carbocycles. The molecule has 1 aromatic heterocycles. The second-order valence-corrected chi connectivity index (χ2v) is 8.19. The third-order valence-electron chi connectivity index (χ3n) is 5.66. The molecule has 3 aromatic carbocycles. The molecule has 0 saturated heterocycles. The van der Waals surface area contributed by atoms with Crippen molar-refractivity contribution in [1.29, 1.82) is 0 Å². The first-order valence-electron chi connectivity index (χ1n) is 10.8. The lowest BCUT2D eigenvalue weighted by atomic mass is 9.99. The van der Waals surface area contributed by atoms with Crippen LogP contribution < -0.4 is 16.1 Å². The van der Waals surface area contributed by atoms with Gasteiger partial charge in [0, 0.05) is 25.0 Å². The Morgan fingerprint density at radius 1 is 1.06 bits per heavy atom. The molecular formula is C23H30ClN5O4. The molecule has 9 nitrogen and oxygen atoms in total. The molecule has 5 N–H and O–H groups in total. The van der Waals surface area contributed by atoms with Gasteiger partial charge in [-0.25, -0.2) is 0 Å². The summed E-state index contributed by atoms with van der Waals surface area (Å²) in [5.41, 5.74) is 1.18. The minimum Gasteiger partial charge on any atom is -0.507 e. The summed E-state index contributed by atoms with van der Waals surface area (Å²) in [5, 5.41) is 39.2. The molecule has 0 amide bonds. The zero-order valence-corrected chi connectivity index (χ0v) is 19.6. The fourth-order valence-electron chi connectivity index (χ4n) is 4.23. The molecule has 178 valence electrons. The summed E-state index contributed by atoms with van der Waals surface area (Å²) in [6.07, 6.45) is 0.900. The number of phenolic OH excluding ortho intramolecular Hbond substituents is 2. The molecule has 0 aliphatic heterocycles. The fourth-order valence-corrected chi connectivity index (χ4v) is 4.23. The van der Waals surface area contributed by atoms with E-state index in [1.54, 1.807) is 0 Å². The first kappa shape index (κ1) is 24.8. The molecule has 4 aromatic rings. The average Bonchev–Trinajstić information content (AvgIpc) is 3.12. The number of benzene rings is 3. The van der Waals surface area contributed by atoms with Gasteiger partial charge in [0.05, 0.1) is 45.7 Å². The maximum atomic E-state index is 12.8. The van der Waals surface area contributed by atoms with Crippen molar-refractivity contribution in [1.82, 2.24) is 20.0 Å². The molecule has 0 spiro atoms. The van der Waals surface area contributed by atoms with Crippen LogP contribution in [0.4, 0.5) is 0 Å². The van der Waals surface area contributed by atoms with E-state index in [1.807, 2.05) is 30.9 Å². The summed E-state index contributed by atoms with van der Waals surface area (Å²) in [5.74, 6) is -0.293. The summed E-state index contributed by atoms with van der Waals surface area (Å²) in [6.45, 7) is 3.19. The first-order valence-corrected chi connectivity index (χ1v) is 10.8. The highest BCUT2D eigenvalue weighted by Crippen LogP contribution is 2.41. The van der Waals surface area contributed by atoms with Crippen LogP contribution in [0.1, 0.15) is 6.42 Å². The molecule has 1 heterocycles. The third kappa shape index (κ3) is 4.63. The van der Waals surface area contributed by atoms with E-state index in [1.165, 1.54) is 12.1 Å². The summed E-state index contributed by atoms with van der Waals surface area (Å²) >= 11 is 0. The highest BCUT2D eigenvalue weighted by molar-refractivity contribution is 6.23. The molecule has 0 aliphatic rings. The van der Waals surface area contributed by atoms with Gasteiger partial charge in [0.1, 0.15) is 11.5 Å².